The second-order valence-electron chi connectivity index (χ2n) is 10.2. The van der Waals surface area contributed by atoms with E-state index in [0.717, 1.165) is 10.1 Å². The molecule has 0 radical (unpaired) electrons. The van der Waals surface area contributed by atoms with Gasteiger partial charge in [-0.3, -0.25) is 14.2 Å². The number of oxazole rings is 1. The van der Waals surface area contributed by atoms with E-state index in [1.165, 1.54) is 28.4 Å². The second kappa shape index (κ2) is 10.3. The van der Waals surface area contributed by atoms with E-state index in [9.17, 15) is 14.4 Å². The van der Waals surface area contributed by atoms with Crippen LogP contribution in [0, 0.1) is 6.92 Å². The van der Waals surface area contributed by atoms with Gasteiger partial charge in [-0.2, -0.15) is 0 Å². The van der Waals surface area contributed by atoms with E-state index in [0.29, 0.717) is 71.2 Å². The van der Waals surface area contributed by atoms with E-state index >= 15 is 0 Å². The fourth-order valence-corrected chi connectivity index (χ4v) is 6.72. The van der Waals surface area contributed by atoms with Crippen LogP contribution in [0.1, 0.15) is 42.9 Å². The molecule has 4 aromatic rings. The van der Waals surface area contributed by atoms with E-state index in [1.54, 1.807) is 14.0 Å². The van der Waals surface area contributed by atoms with Crippen LogP contribution in [0.4, 0.5) is 0 Å². The number of fused-ring (bicyclic) bond motifs is 1. The highest BCUT2D eigenvalue weighted by Crippen LogP contribution is 2.43. The predicted molar refractivity (Wildman–Crippen MR) is 148 cm³/mol. The molecule has 1 aliphatic carbocycles. The molecule has 0 bridgehead atoms. The van der Waals surface area contributed by atoms with Crippen molar-refractivity contribution in [3.63, 3.8) is 0 Å². The lowest BCUT2D eigenvalue weighted by Crippen LogP contribution is -2.50. The number of aromatic nitrogens is 3. The van der Waals surface area contributed by atoms with Gasteiger partial charge >= 0.3 is 5.69 Å². The van der Waals surface area contributed by atoms with Crippen molar-refractivity contribution in [3.05, 3.63) is 68.7 Å². The summed E-state index contributed by atoms with van der Waals surface area (Å²) in [5.41, 5.74) is 4.64. The number of nitrogens with zero attached hydrogens (tertiary/aromatic N) is 3. The van der Waals surface area contributed by atoms with Gasteiger partial charge in [-0.15, -0.1) is 11.3 Å². The van der Waals surface area contributed by atoms with Crippen LogP contribution in [0.2, 0.25) is 0 Å². The van der Waals surface area contributed by atoms with Crippen molar-refractivity contribution in [2.45, 2.75) is 56.9 Å². The first-order valence-electron chi connectivity index (χ1n) is 13.2. The number of methoxy groups -OCH3 is 1. The van der Waals surface area contributed by atoms with Crippen LogP contribution in [-0.2, 0) is 26.4 Å². The number of carbonyl (C=O) groups is 1. The number of rotatable bonds is 9. The van der Waals surface area contributed by atoms with Crippen molar-refractivity contribution in [2.24, 2.45) is 5.73 Å². The summed E-state index contributed by atoms with van der Waals surface area (Å²) in [6.07, 6.45) is 4.38. The molecule has 3 aromatic heterocycles. The molecule has 2 N–H and O–H groups in total. The molecule has 40 heavy (non-hydrogen) atoms. The van der Waals surface area contributed by atoms with Crippen molar-refractivity contribution in [1.82, 2.24) is 14.1 Å². The number of carbonyl (C=O) groups excluding carboxylic acids is 1. The number of hydrogen-bond acceptors (Lipinski definition) is 9. The Hall–Kier alpha value is -3.74. The normalized spacial score (nSPS) is 17.6. The summed E-state index contributed by atoms with van der Waals surface area (Å²) in [6.45, 7) is 3.04. The molecule has 2 aliphatic rings. The van der Waals surface area contributed by atoms with Crippen LogP contribution in [0.15, 0.2) is 50.7 Å². The number of thiophene rings is 1. The van der Waals surface area contributed by atoms with Crippen LogP contribution in [0.5, 0.6) is 5.75 Å². The van der Waals surface area contributed by atoms with Gasteiger partial charge in [-0.25, -0.2) is 14.3 Å². The maximum Gasteiger partial charge on any atom is 0.333 e. The Morgan fingerprint density at radius 3 is 2.65 bits per heavy atom. The number of primary amides is 1. The number of hydrogen-bond donors (Lipinski definition) is 1. The first-order valence-corrected chi connectivity index (χ1v) is 14.0. The average molecular weight is 567 g/mol. The molecule has 2 fully saturated rings. The minimum atomic E-state index is -1.34. The summed E-state index contributed by atoms with van der Waals surface area (Å²) in [7, 11) is 1.59. The quantitative estimate of drug-likeness (QED) is 0.326. The number of aryl methyl sites for hydroxylation is 1. The lowest BCUT2D eigenvalue weighted by molar-refractivity contribution is -0.122. The van der Waals surface area contributed by atoms with Crippen LogP contribution >= 0.6 is 11.3 Å². The lowest BCUT2D eigenvalue weighted by atomic mass is 10.1. The Balaban J connectivity index is 1.57. The molecular formula is C28H30N4O7S. The summed E-state index contributed by atoms with van der Waals surface area (Å²) >= 11 is 1.25. The van der Waals surface area contributed by atoms with Crippen molar-refractivity contribution < 1.29 is 23.4 Å². The molecule has 1 amide bonds. The summed E-state index contributed by atoms with van der Waals surface area (Å²) < 4.78 is 25.9. The molecule has 1 aromatic carbocycles. The number of ether oxygens (including phenoxy) is 3. The monoisotopic (exact) mass is 566 g/mol. The van der Waals surface area contributed by atoms with Gasteiger partial charge in [-0.05, 0) is 44.2 Å². The zero-order valence-corrected chi connectivity index (χ0v) is 23.1. The SMILES string of the molecule is COc1ccccc1[C@H](Cn1c(=O)n(C2(C(N)=O)CC2)c(=O)c2c(C)c(-c3ncco3)sc21)OC1CCOCC1. The first kappa shape index (κ1) is 26.5. The molecule has 6 rings (SSSR count). The molecular weight excluding hydrogens is 536 g/mol. The summed E-state index contributed by atoms with van der Waals surface area (Å²) in [4.78, 5) is 46.0. The highest BCUT2D eigenvalue weighted by molar-refractivity contribution is 7.22. The van der Waals surface area contributed by atoms with E-state index in [1.807, 2.05) is 24.3 Å². The van der Waals surface area contributed by atoms with Gasteiger partial charge in [0, 0.05) is 18.8 Å². The lowest BCUT2D eigenvalue weighted by Gasteiger charge is -2.29. The average Bonchev–Trinajstić information content (AvgIpc) is 3.42. The molecule has 11 nitrogen and oxygen atoms in total. The van der Waals surface area contributed by atoms with Crippen molar-refractivity contribution >= 4 is 27.5 Å². The highest BCUT2D eigenvalue weighted by atomic mass is 32.1. The minimum absolute atomic E-state index is 0.0765. The number of amides is 1. The molecule has 0 unspecified atom stereocenters. The van der Waals surface area contributed by atoms with Crippen LogP contribution in [0.25, 0.3) is 21.0 Å². The zero-order chi connectivity index (χ0) is 28.0. The fraction of sp³-hybridized carbons (Fsp3) is 0.429. The fourth-order valence-electron chi connectivity index (χ4n) is 5.48. The molecule has 1 saturated carbocycles. The van der Waals surface area contributed by atoms with Crippen molar-refractivity contribution in [3.8, 4) is 16.5 Å². The van der Waals surface area contributed by atoms with Gasteiger partial charge in [0.1, 0.15) is 28.5 Å². The summed E-state index contributed by atoms with van der Waals surface area (Å²) in [5.74, 6) is 0.272. The molecule has 1 aliphatic heterocycles. The van der Waals surface area contributed by atoms with Crippen molar-refractivity contribution in [1.29, 1.82) is 0 Å². The Kier molecular flexibility index (Phi) is 6.85. The molecule has 0 spiro atoms. The largest absolute Gasteiger partial charge is 0.496 e. The third-order valence-corrected chi connectivity index (χ3v) is 9.11. The van der Waals surface area contributed by atoms with Gasteiger partial charge in [0.25, 0.3) is 5.56 Å². The number of nitrogens with two attached hydrogens (primary N) is 1. The Labute approximate surface area is 233 Å². The maximum absolute atomic E-state index is 14.2. The molecule has 4 heterocycles. The highest BCUT2D eigenvalue weighted by Gasteiger charge is 2.53. The van der Waals surface area contributed by atoms with E-state index < -0.39 is 28.8 Å². The first-order chi connectivity index (χ1) is 19.4. The van der Waals surface area contributed by atoms with E-state index in [4.69, 9.17) is 24.4 Å². The van der Waals surface area contributed by atoms with Crippen LogP contribution in [-0.4, -0.2) is 46.5 Å². The third-order valence-electron chi connectivity index (χ3n) is 7.81. The van der Waals surface area contributed by atoms with Crippen LogP contribution in [0.3, 0.4) is 0 Å². The van der Waals surface area contributed by atoms with Crippen molar-refractivity contribution in [2.75, 3.05) is 20.3 Å². The Bertz CT molecular complexity index is 1680. The van der Waals surface area contributed by atoms with Gasteiger partial charge in [0.2, 0.25) is 11.8 Å². The van der Waals surface area contributed by atoms with Gasteiger partial charge in [0.15, 0.2) is 0 Å². The number of benzene rings is 1. The van der Waals surface area contributed by atoms with E-state index in [-0.39, 0.29) is 12.6 Å². The standard InChI is InChI=1S/C28H30N4O7S/c1-16-21-24(33)32(28(9-10-28)26(29)34)27(35)31(25(21)40-22(16)23-30-11-14-38-23)15-20(39-17-7-12-37-13-8-17)18-5-3-4-6-19(18)36-2/h3-6,11,14,17,20H,7-10,12-13,15H2,1-2H3,(H2,29,34)/t20-/m0/s1. The Morgan fingerprint density at radius 2 is 2.00 bits per heavy atom. The molecule has 12 heteroatoms. The predicted octanol–water partition coefficient (Wildman–Crippen LogP) is 3.11. The number of para-hydroxylation sites is 1. The van der Waals surface area contributed by atoms with E-state index in [2.05, 4.69) is 4.98 Å². The molecule has 210 valence electrons. The second-order valence-corrected chi connectivity index (χ2v) is 11.2. The maximum atomic E-state index is 14.2. The topological polar surface area (TPSA) is 141 Å². The smallest absolute Gasteiger partial charge is 0.333 e. The van der Waals surface area contributed by atoms with Gasteiger partial charge < -0.3 is 24.4 Å². The zero-order valence-electron chi connectivity index (χ0n) is 22.3. The Morgan fingerprint density at radius 1 is 1.25 bits per heavy atom. The molecule has 1 saturated heterocycles. The van der Waals surface area contributed by atoms with Crippen LogP contribution < -0.4 is 21.7 Å². The summed E-state index contributed by atoms with van der Waals surface area (Å²) in [6, 6.07) is 7.51. The van der Waals surface area contributed by atoms with Gasteiger partial charge in [0.05, 0.1) is 36.2 Å². The third kappa shape index (κ3) is 4.36. The molecule has 1 atom stereocenters. The summed E-state index contributed by atoms with van der Waals surface area (Å²) in [5, 5.41) is 0.329. The van der Waals surface area contributed by atoms with Gasteiger partial charge in [-0.1, -0.05) is 18.2 Å². The minimum Gasteiger partial charge on any atom is -0.496 e.